The van der Waals surface area contributed by atoms with Crippen LogP contribution in [-0.4, -0.2) is 27.2 Å². The minimum absolute atomic E-state index is 0.100. The number of halogens is 2. The number of aryl methyl sites for hydroxylation is 1. The second-order valence-electron chi connectivity index (χ2n) is 6.82. The first kappa shape index (κ1) is 24.6. The molecule has 1 N–H and O–H groups in total. The molecule has 0 atom stereocenters. The van der Waals surface area contributed by atoms with Gasteiger partial charge >= 0.3 is 5.97 Å². The molecule has 0 unspecified atom stereocenters. The number of nitrogens with zero attached hydrogens (tertiary/aromatic N) is 1. The van der Waals surface area contributed by atoms with Crippen molar-refractivity contribution >= 4 is 45.4 Å². The number of nitrogens with one attached hydrogen (secondary N) is 1. The highest BCUT2D eigenvalue weighted by Crippen LogP contribution is 2.30. The highest BCUT2D eigenvalue weighted by Gasteiger charge is 2.16. The molecule has 0 fully saturated rings. The summed E-state index contributed by atoms with van der Waals surface area (Å²) in [7, 11) is -3.80. The highest BCUT2D eigenvalue weighted by atomic mass is 35.5. The van der Waals surface area contributed by atoms with Crippen LogP contribution >= 0.6 is 23.2 Å². The number of sulfonamides is 1. The van der Waals surface area contributed by atoms with Gasteiger partial charge in [0.1, 0.15) is 0 Å². The van der Waals surface area contributed by atoms with E-state index in [9.17, 15) is 13.2 Å². The lowest BCUT2D eigenvalue weighted by atomic mass is 10.2. The molecule has 0 amide bonds. The topological polar surface area (TPSA) is 94.1 Å². The number of hydrogen-bond donors (Lipinski definition) is 1. The molecule has 0 saturated carbocycles. The summed E-state index contributed by atoms with van der Waals surface area (Å²) in [6.07, 6.45) is 1.32. The average Bonchev–Trinajstić information content (AvgIpc) is 2.75. The van der Waals surface area contributed by atoms with Crippen molar-refractivity contribution in [1.82, 2.24) is 4.83 Å². The highest BCUT2D eigenvalue weighted by molar-refractivity contribution is 7.89. The van der Waals surface area contributed by atoms with Crippen molar-refractivity contribution in [2.75, 3.05) is 6.61 Å². The molecule has 3 aromatic rings. The lowest BCUT2D eigenvalue weighted by molar-refractivity contribution is 0.0728. The summed E-state index contributed by atoms with van der Waals surface area (Å²) in [4.78, 5) is 14.8. The molecule has 0 aliphatic carbocycles. The third kappa shape index (κ3) is 6.47. The number of carbonyl (C=O) groups excluding carboxylic acids is 1. The van der Waals surface area contributed by atoms with E-state index >= 15 is 0 Å². The van der Waals surface area contributed by atoms with Crippen LogP contribution in [0.5, 0.6) is 11.5 Å². The smallest absolute Gasteiger partial charge is 0.345 e. The second kappa shape index (κ2) is 10.7. The third-order valence-corrected chi connectivity index (χ3v) is 6.13. The van der Waals surface area contributed by atoms with E-state index < -0.39 is 16.0 Å². The molecule has 0 aliphatic rings. The predicted molar refractivity (Wildman–Crippen MR) is 128 cm³/mol. The fourth-order valence-electron chi connectivity index (χ4n) is 2.71. The number of benzene rings is 3. The first-order chi connectivity index (χ1) is 15.7. The van der Waals surface area contributed by atoms with E-state index in [0.29, 0.717) is 17.2 Å². The van der Waals surface area contributed by atoms with Crippen molar-refractivity contribution in [3.05, 3.63) is 87.4 Å². The molecule has 0 saturated heterocycles. The van der Waals surface area contributed by atoms with E-state index in [0.717, 1.165) is 5.56 Å². The lowest BCUT2D eigenvalue weighted by Gasteiger charge is -2.12. The largest absolute Gasteiger partial charge is 0.490 e. The van der Waals surface area contributed by atoms with Crippen molar-refractivity contribution in [2.45, 2.75) is 18.7 Å². The van der Waals surface area contributed by atoms with Crippen molar-refractivity contribution in [3.8, 4) is 11.5 Å². The number of hydrogen-bond acceptors (Lipinski definition) is 6. The molecule has 172 valence electrons. The van der Waals surface area contributed by atoms with E-state index in [2.05, 4.69) is 9.93 Å². The zero-order chi connectivity index (χ0) is 24.0. The summed E-state index contributed by atoms with van der Waals surface area (Å²) in [5.74, 6) is -0.226. The van der Waals surface area contributed by atoms with Crippen LogP contribution in [-0.2, 0) is 10.0 Å². The average molecular weight is 507 g/mol. The molecule has 7 nitrogen and oxygen atoms in total. The standard InChI is InChI=1S/C23H20Cl2N2O5S/c1-3-31-22-12-16(14-26-27-33(29,30)18-8-4-15(2)5-9-18)6-11-21(22)32-23(28)19-10-7-17(24)13-20(19)25/h4-14,27H,3H2,1-2H3/b26-14+. The molecule has 33 heavy (non-hydrogen) atoms. The fourth-order valence-corrected chi connectivity index (χ4v) is 3.98. The molecule has 10 heteroatoms. The summed E-state index contributed by atoms with van der Waals surface area (Å²) in [6.45, 7) is 3.95. The SMILES string of the molecule is CCOc1cc(/C=N/NS(=O)(=O)c2ccc(C)cc2)ccc1OC(=O)c1ccc(Cl)cc1Cl. The molecular weight excluding hydrogens is 487 g/mol. The maximum absolute atomic E-state index is 12.5. The monoisotopic (exact) mass is 506 g/mol. The molecule has 3 aromatic carbocycles. The number of carbonyl (C=O) groups is 1. The van der Waals surface area contributed by atoms with Crippen molar-refractivity contribution in [1.29, 1.82) is 0 Å². The molecule has 0 heterocycles. The lowest BCUT2D eigenvalue weighted by Crippen LogP contribution is -2.18. The van der Waals surface area contributed by atoms with Crippen molar-refractivity contribution in [3.63, 3.8) is 0 Å². The molecule has 0 spiro atoms. The van der Waals surface area contributed by atoms with Gasteiger partial charge < -0.3 is 9.47 Å². The Kier molecular flexibility index (Phi) is 7.97. The quantitative estimate of drug-likeness (QED) is 0.195. The van der Waals surface area contributed by atoms with Crippen LogP contribution in [0.1, 0.15) is 28.4 Å². The van der Waals surface area contributed by atoms with Gasteiger partial charge in [0.05, 0.1) is 28.3 Å². The van der Waals surface area contributed by atoms with E-state index in [1.54, 1.807) is 31.2 Å². The Hall–Kier alpha value is -3.07. The Morgan fingerprint density at radius 2 is 1.76 bits per heavy atom. The third-order valence-electron chi connectivity index (χ3n) is 4.34. The summed E-state index contributed by atoms with van der Waals surface area (Å²) in [6, 6.07) is 15.5. The Balaban J connectivity index is 1.76. The van der Waals surface area contributed by atoms with Crippen LogP contribution in [0.25, 0.3) is 0 Å². The number of hydrazone groups is 1. The minimum Gasteiger partial charge on any atom is -0.490 e. The van der Waals surface area contributed by atoms with Gasteiger partial charge in [-0.1, -0.05) is 40.9 Å². The van der Waals surface area contributed by atoms with Crippen molar-refractivity contribution < 1.29 is 22.7 Å². The van der Waals surface area contributed by atoms with Crippen LogP contribution in [0.2, 0.25) is 10.0 Å². The molecule has 0 aliphatic heterocycles. The van der Waals surface area contributed by atoms with Crippen LogP contribution in [0.4, 0.5) is 0 Å². The van der Waals surface area contributed by atoms with Crippen LogP contribution < -0.4 is 14.3 Å². The van der Waals surface area contributed by atoms with Crippen LogP contribution in [0.15, 0.2) is 70.7 Å². The first-order valence-electron chi connectivity index (χ1n) is 9.75. The van der Waals surface area contributed by atoms with Gasteiger partial charge in [-0.05, 0) is 67.9 Å². The van der Waals surface area contributed by atoms with Gasteiger partial charge in [-0.3, -0.25) is 0 Å². The van der Waals surface area contributed by atoms with Gasteiger partial charge in [-0.15, -0.1) is 0 Å². The van der Waals surface area contributed by atoms with E-state index in [1.165, 1.54) is 42.6 Å². The summed E-state index contributed by atoms with van der Waals surface area (Å²) >= 11 is 11.9. The molecule has 0 aromatic heterocycles. The summed E-state index contributed by atoms with van der Waals surface area (Å²) < 4.78 is 35.7. The Labute approximate surface area is 202 Å². The summed E-state index contributed by atoms with van der Waals surface area (Å²) in [5, 5.41) is 4.37. The van der Waals surface area contributed by atoms with E-state index in [4.69, 9.17) is 32.7 Å². The van der Waals surface area contributed by atoms with Gasteiger partial charge in [0.25, 0.3) is 10.0 Å². The number of ether oxygens (including phenoxy) is 2. The molecular formula is C23H20Cl2N2O5S. The zero-order valence-electron chi connectivity index (χ0n) is 17.7. The van der Waals surface area contributed by atoms with E-state index in [1.807, 2.05) is 6.92 Å². The normalized spacial score (nSPS) is 11.4. The second-order valence-corrected chi connectivity index (χ2v) is 9.32. The first-order valence-corrected chi connectivity index (χ1v) is 12.0. The number of rotatable bonds is 8. The fraction of sp³-hybridized carbons (Fsp3) is 0.130. The number of esters is 1. The van der Waals surface area contributed by atoms with Gasteiger partial charge in [0.15, 0.2) is 11.5 Å². The van der Waals surface area contributed by atoms with Crippen LogP contribution in [0.3, 0.4) is 0 Å². The summed E-state index contributed by atoms with van der Waals surface area (Å²) in [5.41, 5.74) is 1.62. The maximum atomic E-state index is 12.5. The maximum Gasteiger partial charge on any atom is 0.345 e. The molecule has 3 rings (SSSR count). The Bertz CT molecular complexity index is 1290. The van der Waals surface area contributed by atoms with Crippen LogP contribution in [0, 0.1) is 6.92 Å². The minimum atomic E-state index is -3.80. The molecule has 0 radical (unpaired) electrons. The van der Waals surface area contributed by atoms with Gasteiger partial charge in [-0.2, -0.15) is 13.5 Å². The van der Waals surface area contributed by atoms with E-state index in [-0.39, 0.29) is 27.0 Å². The van der Waals surface area contributed by atoms with Crippen molar-refractivity contribution in [2.24, 2.45) is 5.10 Å². The van der Waals surface area contributed by atoms with Gasteiger partial charge in [-0.25, -0.2) is 9.63 Å². The van der Waals surface area contributed by atoms with Gasteiger partial charge in [0.2, 0.25) is 0 Å². The molecule has 0 bridgehead atoms. The Morgan fingerprint density at radius 3 is 2.42 bits per heavy atom. The predicted octanol–water partition coefficient (Wildman–Crippen LogP) is 5.23. The zero-order valence-corrected chi connectivity index (χ0v) is 20.0. The van der Waals surface area contributed by atoms with Gasteiger partial charge in [0, 0.05) is 5.02 Å². The Morgan fingerprint density at radius 1 is 1.03 bits per heavy atom.